The van der Waals surface area contributed by atoms with Gasteiger partial charge in [0, 0.05) is 44.9 Å². The third-order valence-electron chi connectivity index (χ3n) is 5.28. The van der Waals surface area contributed by atoms with Crippen molar-refractivity contribution < 1.29 is 22.7 Å². The number of likely N-dealkylation sites (N-methyl/N-ethyl adjacent to an activating group) is 1. The molecule has 30 heavy (non-hydrogen) atoms. The number of benzene rings is 2. The predicted octanol–water partition coefficient (Wildman–Crippen LogP) is 1.92. The molecule has 2 aromatic rings. The van der Waals surface area contributed by atoms with Gasteiger partial charge in [-0.1, -0.05) is 0 Å². The molecule has 9 heteroatoms. The maximum atomic E-state index is 13.0. The monoisotopic (exact) mass is 433 g/mol. The highest BCUT2D eigenvalue weighted by Gasteiger charge is 2.24. The molecule has 162 valence electrons. The molecule has 0 saturated carbocycles. The van der Waals surface area contributed by atoms with Crippen molar-refractivity contribution in [1.82, 2.24) is 9.80 Å². The Bertz CT molecular complexity index is 1000. The van der Waals surface area contributed by atoms with Crippen molar-refractivity contribution in [2.24, 2.45) is 0 Å². The smallest absolute Gasteiger partial charge is 0.264 e. The van der Waals surface area contributed by atoms with E-state index >= 15 is 0 Å². The molecule has 1 fully saturated rings. The van der Waals surface area contributed by atoms with Gasteiger partial charge in [-0.05, 0) is 43.4 Å². The van der Waals surface area contributed by atoms with Crippen LogP contribution in [0.4, 0.5) is 5.69 Å². The highest BCUT2D eigenvalue weighted by Crippen LogP contribution is 2.31. The van der Waals surface area contributed by atoms with E-state index < -0.39 is 10.0 Å². The van der Waals surface area contributed by atoms with Crippen molar-refractivity contribution in [1.29, 1.82) is 0 Å². The molecule has 2 aromatic carbocycles. The number of hydrogen-bond acceptors (Lipinski definition) is 6. The molecule has 3 rings (SSSR count). The second-order valence-electron chi connectivity index (χ2n) is 7.13. The molecule has 0 atom stereocenters. The molecule has 1 aliphatic rings. The summed E-state index contributed by atoms with van der Waals surface area (Å²) in [4.78, 5) is 16.8. The van der Waals surface area contributed by atoms with Crippen LogP contribution >= 0.6 is 0 Å². The first-order chi connectivity index (χ1) is 14.3. The summed E-state index contributed by atoms with van der Waals surface area (Å²) in [5.41, 5.74) is 1.000. The van der Waals surface area contributed by atoms with Crippen molar-refractivity contribution in [3.05, 3.63) is 48.0 Å². The topological polar surface area (TPSA) is 79.4 Å². The van der Waals surface area contributed by atoms with E-state index in [1.54, 1.807) is 30.3 Å². The number of ether oxygens (including phenoxy) is 2. The molecule has 0 spiro atoms. The quantitative estimate of drug-likeness (QED) is 0.693. The zero-order valence-electron chi connectivity index (χ0n) is 17.7. The Morgan fingerprint density at radius 3 is 2.10 bits per heavy atom. The summed E-state index contributed by atoms with van der Waals surface area (Å²) >= 11 is 0. The minimum absolute atomic E-state index is 0.0416. The fourth-order valence-electron chi connectivity index (χ4n) is 3.28. The van der Waals surface area contributed by atoms with E-state index in [9.17, 15) is 13.2 Å². The third-order valence-corrected chi connectivity index (χ3v) is 7.06. The number of rotatable bonds is 6. The lowest BCUT2D eigenvalue weighted by molar-refractivity contribution is 0.0664. The Morgan fingerprint density at radius 1 is 0.933 bits per heavy atom. The van der Waals surface area contributed by atoms with Crippen molar-refractivity contribution >= 4 is 21.6 Å². The van der Waals surface area contributed by atoms with E-state index in [-0.39, 0.29) is 10.8 Å². The van der Waals surface area contributed by atoms with Gasteiger partial charge in [-0.25, -0.2) is 8.42 Å². The molecule has 0 aromatic heterocycles. The lowest BCUT2D eigenvalue weighted by Crippen LogP contribution is -2.47. The van der Waals surface area contributed by atoms with Crippen molar-refractivity contribution in [2.75, 3.05) is 58.8 Å². The van der Waals surface area contributed by atoms with Gasteiger partial charge in [0.1, 0.15) is 0 Å². The second kappa shape index (κ2) is 8.93. The fraction of sp³-hybridized carbons (Fsp3) is 0.381. The molecule has 1 heterocycles. The van der Waals surface area contributed by atoms with Crippen LogP contribution in [0.15, 0.2) is 47.4 Å². The number of nitrogens with zero attached hydrogens (tertiary/aromatic N) is 3. The number of hydrogen-bond donors (Lipinski definition) is 0. The summed E-state index contributed by atoms with van der Waals surface area (Å²) < 4.78 is 37.7. The number of piperazine rings is 1. The summed E-state index contributed by atoms with van der Waals surface area (Å²) in [6.07, 6.45) is 0. The summed E-state index contributed by atoms with van der Waals surface area (Å²) in [5.74, 6) is 0.742. The molecule has 1 amide bonds. The Hall–Kier alpha value is -2.78. The van der Waals surface area contributed by atoms with Gasteiger partial charge in [-0.3, -0.25) is 9.10 Å². The van der Waals surface area contributed by atoms with Crippen LogP contribution in [0.2, 0.25) is 0 Å². The minimum atomic E-state index is -3.81. The van der Waals surface area contributed by atoms with Gasteiger partial charge >= 0.3 is 0 Å². The summed E-state index contributed by atoms with van der Waals surface area (Å²) in [7, 11) is 2.64. The van der Waals surface area contributed by atoms with Gasteiger partial charge in [0.2, 0.25) is 0 Å². The van der Waals surface area contributed by atoms with Crippen LogP contribution in [0.25, 0.3) is 0 Å². The molecule has 0 bridgehead atoms. The van der Waals surface area contributed by atoms with Gasteiger partial charge in [-0.15, -0.1) is 0 Å². The molecule has 1 aliphatic heterocycles. The minimum Gasteiger partial charge on any atom is -0.493 e. The largest absolute Gasteiger partial charge is 0.493 e. The average Bonchev–Trinajstić information content (AvgIpc) is 2.78. The Morgan fingerprint density at radius 2 is 1.53 bits per heavy atom. The van der Waals surface area contributed by atoms with Crippen LogP contribution in [-0.4, -0.2) is 78.6 Å². The van der Waals surface area contributed by atoms with Crippen molar-refractivity contribution in [3.63, 3.8) is 0 Å². The van der Waals surface area contributed by atoms with Crippen LogP contribution in [0, 0.1) is 0 Å². The van der Waals surface area contributed by atoms with Crippen LogP contribution in [0.3, 0.4) is 0 Å². The lowest BCUT2D eigenvalue weighted by Gasteiger charge is -2.32. The normalized spacial score (nSPS) is 15.0. The molecule has 1 saturated heterocycles. The number of methoxy groups -OCH3 is 2. The Kier molecular flexibility index (Phi) is 6.52. The van der Waals surface area contributed by atoms with E-state index in [2.05, 4.69) is 4.90 Å². The average molecular weight is 434 g/mol. The van der Waals surface area contributed by atoms with Gasteiger partial charge in [0.15, 0.2) is 11.5 Å². The summed E-state index contributed by atoms with van der Waals surface area (Å²) in [6.45, 7) is 3.06. The Balaban J connectivity index is 1.79. The predicted molar refractivity (Wildman–Crippen MR) is 115 cm³/mol. The van der Waals surface area contributed by atoms with E-state index in [1.165, 1.54) is 37.7 Å². The van der Waals surface area contributed by atoms with Gasteiger partial charge in [0.05, 0.1) is 24.8 Å². The fourth-order valence-corrected chi connectivity index (χ4v) is 4.49. The molecule has 8 nitrogen and oxygen atoms in total. The van der Waals surface area contributed by atoms with E-state index in [0.717, 1.165) is 13.1 Å². The first kappa shape index (κ1) is 21.9. The highest BCUT2D eigenvalue weighted by molar-refractivity contribution is 7.92. The van der Waals surface area contributed by atoms with Crippen LogP contribution in [0.1, 0.15) is 10.4 Å². The van der Waals surface area contributed by atoms with E-state index in [0.29, 0.717) is 35.8 Å². The van der Waals surface area contributed by atoms with Crippen molar-refractivity contribution in [3.8, 4) is 11.5 Å². The lowest BCUT2D eigenvalue weighted by atomic mass is 10.1. The maximum absolute atomic E-state index is 13.0. The number of carbonyl (C=O) groups excluding carboxylic acids is 1. The van der Waals surface area contributed by atoms with E-state index in [1.807, 2.05) is 11.9 Å². The summed E-state index contributed by atoms with van der Waals surface area (Å²) in [5, 5.41) is 0. The van der Waals surface area contributed by atoms with Gasteiger partial charge in [-0.2, -0.15) is 0 Å². The molecular weight excluding hydrogens is 406 g/mol. The van der Waals surface area contributed by atoms with Crippen molar-refractivity contribution in [2.45, 2.75) is 4.90 Å². The zero-order valence-corrected chi connectivity index (χ0v) is 18.5. The zero-order chi connectivity index (χ0) is 21.9. The van der Waals surface area contributed by atoms with Crippen LogP contribution in [0.5, 0.6) is 11.5 Å². The van der Waals surface area contributed by atoms with Gasteiger partial charge in [0.25, 0.3) is 15.9 Å². The number of amides is 1. The standard InChI is InChI=1S/C21H27N3O5S/c1-22-11-13-24(14-12-22)21(25)16-5-7-17(8-6-16)23(2)30(26,27)18-9-10-19(28-3)20(15-18)29-4/h5-10,15H,11-14H2,1-4H3. The molecule has 0 aliphatic carbocycles. The third kappa shape index (κ3) is 4.36. The molecular formula is C21H27N3O5S. The number of anilines is 1. The molecule has 0 N–H and O–H groups in total. The highest BCUT2D eigenvalue weighted by atomic mass is 32.2. The first-order valence-corrected chi connectivity index (χ1v) is 11.0. The SMILES string of the molecule is COc1ccc(S(=O)(=O)N(C)c2ccc(C(=O)N3CCN(C)CC3)cc2)cc1OC. The van der Waals surface area contributed by atoms with Crippen LogP contribution in [-0.2, 0) is 10.0 Å². The van der Waals surface area contributed by atoms with Crippen LogP contribution < -0.4 is 13.8 Å². The number of sulfonamides is 1. The van der Waals surface area contributed by atoms with E-state index in [4.69, 9.17) is 9.47 Å². The van der Waals surface area contributed by atoms with Gasteiger partial charge < -0.3 is 19.3 Å². The molecule has 0 radical (unpaired) electrons. The summed E-state index contributed by atoms with van der Waals surface area (Å²) in [6, 6.07) is 11.1. The molecule has 0 unspecified atom stereocenters. The first-order valence-electron chi connectivity index (χ1n) is 9.56. The second-order valence-corrected chi connectivity index (χ2v) is 9.10. The maximum Gasteiger partial charge on any atom is 0.264 e. The number of carbonyl (C=O) groups is 1. The Labute approximate surface area is 177 Å².